The predicted octanol–water partition coefficient (Wildman–Crippen LogP) is 6.83. The number of rotatable bonds is 4. The number of morpholine rings is 1. The standard InChI is InChI=1S/C33H25FN4O2/c34-27-13-12-26-31(30(27)24-10-5-7-21-6-1-2-8-22(21)24)36-20-29(32(26)38-16-18-40-19-17-38)37-33(39)25-14-15-35-28-11-4-3-9-23(25)28/h1-15,20H,16-19H2,(H,37,39). The van der Waals surface area contributed by atoms with E-state index in [4.69, 9.17) is 9.72 Å². The van der Waals surface area contributed by atoms with Crippen LogP contribution in [0.25, 0.3) is 43.7 Å². The highest BCUT2D eigenvalue weighted by Gasteiger charge is 2.24. The van der Waals surface area contributed by atoms with Gasteiger partial charge in [-0.05, 0) is 40.6 Å². The van der Waals surface area contributed by atoms with Crippen LogP contribution in [-0.2, 0) is 4.74 Å². The number of halogens is 1. The second-order valence-electron chi connectivity index (χ2n) is 9.79. The number of nitrogens with one attached hydrogen (secondary N) is 1. The number of aromatic nitrogens is 2. The molecule has 0 aliphatic carbocycles. The van der Waals surface area contributed by atoms with Crippen LogP contribution in [0.1, 0.15) is 10.4 Å². The van der Waals surface area contributed by atoms with Gasteiger partial charge >= 0.3 is 0 Å². The van der Waals surface area contributed by atoms with E-state index < -0.39 is 0 Å². The third-order valence-corrected chi connectivity index (χ3v) is 7.49. The van der Waals surface area contributed by atoms with Crippen molar-refractivity contribution in [3.05, 3.63) is 109 Å². The van der Waals surface area contributed by atoms with Crippen LogP contribution in [0.15, 0.2) is 97.3 Å². The number of hydrogen-bond donors (Lipinski definition) is 1. The Bertz CT molecular complexity index is 1910. The second kappa shape index (κ2) is 10.0. The SMILES string of the molecule is O=C(Nc1cnc2c(-c3cccc4ccccc34)c(F)ccc2c1N1CCOCC1)c1ccnc2ccccc12. The number of pyridine rings is 2. The molecule has 0 unspecified atom stereocenters. The van der Waals surface area contributed by atoms with Crippen LogP contribution in [0, 0.1) is 5.82 Å². The minimum absolute atomic E-state index is 0.259. The Balaban J connectivity index is 1.41. The highest BCUT2D eigenvalue weighted by Crippen LogP contribution is 2.41. The Kier molecular flexibility index (Phi) is 6.06. The summed E-state index contributed by atoms with van der Waals surface area (Å²) in [4.78, 5) is 24.9. The lowest BCUT2D eigenvalue weighted by Gasteiger charge is -2.31. The van der Waals surface area contributed by atoms with Gasteiger partial charge in [-0.1, -0.05) is 60.7 Å². The maximum atomic E-state index is 15.6. The van der Waals surface area contributed by atoms with Crippen molar-refractivity contribution < 1.29 is 13.9 Å². The first-order valence-corrected chi connectivity index (χ1v) is 13.3. The summed E-state index contributed by atoms with van der Waals surface area (Å²) < 4.78 is 21.3. The lowest BCUT2D eigenvalue weighted by atomic mass is 9.95. The van der Waals surface area contributed by atoms with Crippen molar-refractivity contribution in [1.29, 1.82) is 0 Å². The number of hydrogen-bond acceptors (Lipinski definition) is 5. The van der Waals surface area contributed by atoms with E-state index in [9.17, 15) is 4.79 Å². The van der Waals surface area contributed by atoms with E-state index in [0.29, 0.717) is 48.6 Å². The summed E-state index contributed by atoms with van der Waals surface area (Å²) in [6.07, 6.45) is 3.28. The number of carbonyl (C=O) groups excluding carboxylic acids is 1. The molecule has 6 nitrogen and oxygen atoms in total. The molecule has 6 aromatic rings. The summed E-state index contributed by atoms with van der Waals surface area (Å²) in [5.41, 5.74) is 4.41. The lowest BCUT2D eigenvalue weighted by molar-refractivity contribution is 0.102. The molecule has 3 heterocycles. The van der Waals surface area contributed by atoms with Gasteiger partial charge < -0.3 is 15.0 Å². The van der Waals surface area contributed by atoms with Crippen molar-refractivity contribution in [2.24, 2.45) is 0 Å². The van der Waals surface area contributed by atoms with Crippen molar-refractivity contribution in [2.75, 3.05) is 36.5 Å². The van der Waals surface area contributed by atoms with Crippen LogP contribution in [0.3, 0.4) is 0 Å². The maximum absolute atomic E-state index is 15.6. The fourth-order valence-electron chi connectivity index (χ4n) is 5.63. The van der Waals surface area contributed by atoms with Crippen LogP contribution in [0.5, 0.6) is 0 Å². The average Bonchev–Trinajstić information content (AvgIpc) is 3.01. The summed E-state index contributed by atoms with van der Waals surface area (Å²) in [6, 6.07) is 26.4. The van der Waals surface area contributed by atoms with Crippen LogP contribution < -0.4 is 10.2 Å². The average molecular weight is 529 g/mol. The molecule has 0 atom stereocenters. The molecule has 1 aliphatic rings. The zero-order chi connectivity index (χ0) is 27.1. The molecule has 1 saturated heterocycles. The third-order valence-electron chi connectivity index (χ3n) is 7.49. The Morgan fingerprint density at radius 1 is 0.825 bits per heavy atom. The minimum Gasteiger partial charge on any atom is -0.378 e. The molecular formula is C33H25FN4O2. The monoisotopic (exact) mass is 528 g/mol. The molecule has 0 spiro atoms. The third kappa shape index (κ3) is 4.12. The number of ether oxygens (including phenoxy) is 1. The molecule has 0 bridgehead atoms. The van der Waals surface area contributed by atoms with E-state index in [1.165, 1.54) is 6.07 Å². The molecule has 1 aliphatic heterocycles. The van der Waals surface area contributed by atoms with Gasteiger partial charge in [-0.3, -0.25) is 14.8 Å². The van der Waals surface area contributed by atoms with Crippen LogP contribution >= 0.6 is 0 Å². The molecule has 1 amide bonds. The molecule has 2 aromatic heterocycles. The number of benzene rings is 4. The van der Waals surface area contributed by atoms with E-state index in [2.05, 4.69) is 15.2 Å². The van der Waals surface area contributed by atoms with Gasteiger partial charge in [-0.15, -0.1) is 0 Å². The summed E-state index contributed by atoms with van der Waals surface area (Å²) in [6.45, 7) is 2.40. The molecule has 196 valence electrons. The second-order valence-corrected chi connectivity index (χ2v) is 9.79. The molecular weight excluding hydrogens is 503 g/mol. The smallest absolute Gasteiger partial charge is 0.256 e. The minimum atomic E-state index is -0.343. The summed E-state index contributed by atoms with van der Waals surface area (Å²) >= 11 is 0. The topological polar surface area (TPSA) is 67.4 Å². The molecule has 0 radical (unpaired) electrons. The fourth-order valence-corrected chi connectivity index (χ4v) is 5.63. The fraction of sp³-hybridized carbons (Fsp3) is 0.121. The quantitative estimate of drug-likeness (QED) is 0.272. The number of nitrogens with zero attached hydrogens (tertiary/aromatic N) is 3. The summed E-state index contributed by atoms with van der Waals surface area (Å²) in [5, 5.41) is 6.62. The molecule has 1 fully saturated rings. The van der Waals surface area contributed by atoms with Crippen LogP contribution in [-0.4, -0.2) is 42.2 Å². The van der Waals surface area contributed by atoms with Crippen LogP contribution in [0.4, 0.5) is 15.8 Å². The van der Waals surface area contributed by atoms with Crippen molar-refractivity contribution in [1.82, 2.24) is 9.97 Å². The highest BCUT2D eigenvalue weighted by molar-refractivity contribution is 6.16. The molecule has 1 N–H and O–H groups in total. The van der Waals surface area contributed by atoms with Gasteiger partial charge in [0, 0.05) is 35.6 Å². The van der Waals surface area contributed by atoms with E-state index in [-0.39, 0.29) is 11.7 Å². The van der Waals surface area contributed by atoms with Crippen molar-refractivity contribution in [3.63, 3.8) is 0 Å². The van der Waals surface area contributed by atoms with Crippen LogP contribution in [0.2, 0.25) is 0 Å². The number of anilines is 2. The molecule has 7 rings (SSSR count). The number of para-hydroxylation sites is 1. The normalized spacial score (nSPS) is 13.7. The van der Waals surface area contributed by atoms with Crippen molar-refractivity contribution in [2.45, 2.75) is 0 Å². The predicted molar refractivity (Wildman–Crippen MR) is 157 cm³/mol. The van der Waals surface area contributed by atoms with Crippen molar-refractivity contribution in [3.8, 4) is 11.1 Å². The molecule has 7 heteroatoms. The highest BCUT2D eigenvalue weighted by atomic mass is 19.1. The number of amides is 1. The van der Waals surface area contributed by atoms with Gasteiger partial charge in [0.15, 0.2) is 0 Å². The summed E-state index contributed by atoms with van der Waals surface area (Å²) in [5.74, 6) is -0.602. The van der Waals surface area contributed by atoms with E-state index >= 15 is 4.39 Å². The lowest BCUT2D eigenvalue weighted by Crippen LogP contribution is -2.37. The van der Waals surface area contributed by atoms with Gasteiger partial charge in [0.25, 0.3) is 5.91 Å². The van der Waals surface area contributed by atoms with Gasteiger partial charge in [0.1, 0.15) is 5.82 Å². The molecule has 40 heavy (non-hydrogen) atoms. The largest absolute Gasteiger partial charge is 0.378 e. The Labute approximate surface area is 230 Å². The van der Waals surface area contributed by atoms with Gasteiger partial charge in [-0.2, -0.15) is 0 Å². The van der Waals surface area contributed by atoms with Crippen molar-refractivity contribution >= 4 is 49.9 Å². The first-order valence-electron chi connectivity index (χ1n) is 13.3. The Morgan fingerprint density at radius 3 is 2.48 bits per heavy atom. The van der Waals surface area contributed by atoms with Gasteiger partial charge in [0.05, 0.1) is 47.4 Å². The zero-order valence-corrected chi connectivity index (χ0v) is 21.6. The zero-order valence-electron chi connectivity index (χ0n) is 21.6. The Hall–Kier alpha value is -4.88. The molecule has 4 aromatic carbocycles. The van der Waals surface area contributed by atoms with E-state index in [1.807, 2.05) is 66.7 Å². The van der Waals surface area contributed by atoms with Gasteiger partial charge in [0.2, 0.25) is 0 Å². The van der Waals surface area contributed by atoms with E-state index in [0.717, 1.165) is 38.3 Å². The molecule has 0 saturated carbocycles. The summed E-state index contributed by atoms with van der Waals surface area (Å²) in [7, 11) is 0. The first kappa shape index (κ1) is 24.2. The number of carbonyl (C=O) groups is 1. The Morgan fingerprint density at radius 2 is 1.60 bits per heavy atom. The van der Waals surface area contributed by atoms with E-state index in [1.54, 1.807) is 24.5 Å². The number of fused-ring (bicyclic) bond motifs is 3. The maximum Gasteiger partial charge on any atom is 0.256 e. The first-order chi connectivity index (χ1) is 19.7. The van der Waals surface area contributed by atoms with Gasteiger partial charge in [-0.25, -0.2) is 4.39 Å².